The van der Waals surface area contributed by atoms with Gasteiger partial charge < -0.3 is 10.2 Å². The van der Waals surface area contributed by atoms with Gasteiger partial charge in [-0.3, -0.25) is 0 Å². The Morgan fingerprint density at radius 2 is 0.758 bits per heavy atom. The van der Waals surface area contributed by atoms with Gasteiger partial charge >= 0.3 is 35.0 Å². The first kappa shape index (κ1) is 56.4. The first-order chi connectivity index (χ1) is 32.2. The third kappa shape index (κ3) is 21.4. The number of halogens is 5. The Kier molecular flexibility index (Phi) is 29.4. The van der Waals surface area contributed by atoms with Crippen molar-refractivity contribution in [1.82, 2.24) is 9.97 Å². The fourth-order valence-corrected chi connectivity index (χ4v) is 11.1. The van der Waals surface area contributed by atoms with E-state index in [1.807, 2.05) is 31.9 Å². The maximum absolute atomic E-state index is 8.45. The summed E-state index contributed by atoms with van der Waals surface area (Å²) in [5.41, 5.74) is 2.75. The van der Waals surface area contributed by atoms with Crippen LogP contribution in [0.5, 0.6) is 0 Å². The van der Waals surface area contributed by atoms with Crippen molar-refractivity contribution in [3.63, 3.8) is 0 Å². The third-order valence-electron chi connectivity index (χ3n) is 8.53. The Bertz CT molecular complexity index is 2340. The summed E-state index contributed by atoms with van der Waals surface area (Å²) in [6, 6.07) is 72.0. The fraction of sp³-hybridized carbons (Fsp3) is 0.0741. The molecule has 66 heavy (non-hydrogen) atoms. The largest absolute Gasteiger partial charge is 0.0622 e. The van der Waals surface area contributed by atoms with Gasteiger partial charge in [-0.25, -0.2) is 9.97 Å². The molecule has 0 bridgehead atoms. The van der Waals surface area contributed by atoms with Crippen LogP contribution in [0.1, 0.15) is 16.8 Å². The minimum absolute atomic E-state index is 0.106. The maximum atomic E-state index is 8.45. The van der Waals surface area contributed by atoms with Gasteiger partial charge in [0.15, 0.2) is 0 Å². The number of pyridine rings is 2. The minimum atomic E-state index is -0.446. The molecule has 12 heteroatoms. The SMILES string of the molecule is C#CCO.Cc1ccc(Cl)nc1C#CCO.Cc1ccc(Cl)nc1I.[Cl][Pd][Cl].c1ccc(P(c2ccccc2)c2ccccc2)cc1.c1ccc(P(c2ccccc2)c2ccccc2)cc1. The third-order valence-corrected chi connectivity index (χ3v) is 14.9. The van der Waals surface area contributed by atoms with Crippen molar-refractivity contribution < 1.29 is 26.2 Å². The van der Waals surface area contributed by atoms with Crippen molar-refractivity contribution in [2.24, 2.45) is 0 Å². The number of nitrogens with zero attached hydrogens (tertiary/aromatic N) is 2. The summed E-state index contributed by atoms with van der Waals surface area (Å²) in [6.45, 7) is 3.59. The zero-order valence-electron chi connectivity index (χ0n) is 36.0. The van der Waals surface area contributed by atoms with Crippen LogP contribution in [0.3, 0.4) is 0 Å². The van der Waals surface area contributed by atoms with Crippen LogP contribution in [0.4, 0.5) is 0 Å². The first-order valence-electron chi connectivity index (χ1n) is 20.0. The van der Waals surface area contributed by atoms with E-state index in [-0.39, 0.29) is 29.2 Å². The second-order valence-electron chi connectivity index (χ2n) is 13.1. The summed E-state index contributed by atoms with van der Waals surface area (Å²) in [7, 11) is 8.74. The van der Waals surface area contributed by atoms with Crippen LogP contribution in [0, 0.1) is 41.7 Å². The molecule has 8 aromatic rings. The van der Waals surface area contributed by atoms with E-state index in [0.717, 1.165) is 9.26 Å². The molecular weight excluding hydrogens is 1150 g/mol. The summed E-state index contributed by atoms with van der Waals surface area (Å²) >= 11 is 13.3. The molecule has 4 nitrogen and oxygen atoms in total. The smallest absolute Gasteiger partial charge is 0.0134 e. The van der Waals surface area contributed by atoms with Crippen LogP contribution in [0.15, 0.2) is 206 Å². The number of aliphatic hydroxyl groups is 2. The quantitative estimate of drug-likeness (QED) is 0.0572. The Labute approximate surface area is 433 Å². The Morgan fingerprint density at radius 1 is 0.485 bits per heavy atom. The van der Waals surface area contributed by atoms with Gasteiger partial charge in [-0.05, 0) is 113 Å². The molecule has 2 N–H and O–H groups in total. The summed E-state index contributed by atoms with van der Waals surface area (Å²) in [6.07, 6.45) is 4.53. The summed E-state index contributed by atoms with van der Waals surface area (Å²) in [5, 5.41) is 25.5. The molecule has 2 aromatic heterocycles. The molecule has 0 spiro atoms. The van der Waals surface area contributed by atoms with Crippen molar-refractivity contribution in [2.75, 3.05) is 13.2 Å². The predicted octanol–water partition coefficient (Wildman–Crippen LogP) is 11.9. The van der Waals surface area contributed by atoms with Crippen LogP contribution in [-0.2, 0) is 15.9 Å². The number of aromatic nitrogens is 2. The topological polar surface area (TPSA) is 66.2 Å². The number of benzene rings is 6. The molecule has 0 fully saturated rings. The standard InChI is InChI=1S/2C18H15P.C9H8ClNO.C6H5ClIN.C3H4O.2ClH.Pd/c2*1-4-10-16(11-5-1)19(17-12-6-2-7-13-17)18-14-8-3-9-15-18;1-7-4-5-9(10)11-8(7)3-2-6-12;1-4-2-3-5(7)9-6(4)8;1-2-3-4;;;/h2*1-15H;4-5,12H,6H2,1H3;2-3H,1H3;1,4H,3H2;2*1H;/q;;;;;;;+2/p-2. The molecule has 340 valence electrons. The first-order valence-corrected chi connectivity index (χ1v) is 28.5. The average Bonchev–Trinajstić information content (AvgIpc) is 3.36. The van der Waals surface area contributed by atoms with E-state index < -0.39 is 15.8 Å². The second-order valence-corrected chi connectivity index (χ2v) is 21.7. The molecule has 0 radical (unpaired) electrons. The number of aryl methyl sites for hydroxylation is 2. The molecule has 2 heterocycles. The maximum Gasteiger partial charge on any atom is -0.0134 e. The van der Waals surface area contributed by atoms with Gasteiger partial charge in [-0.2, -0.15) is 0 Å². The van der Waals surface area contributed by atoms with Gasteiger partial charge in [0, 0.05) is 0 Å². The fourth-order valence-electron chi connectivity index (χ4n) is 5.59. The van der Waals surface area contributed by atoms with Crippen LogP contribution in [0.2, 0.25) is 10.3 Å². The molecule has 0 saturated heterocycles. The molecule has 0 amide bonds. The molecule has 8 rings (SSSR count). The number of hydrogen-bond acceptors (Lipinski definition) is 4. The summed E-state index contributed by atoms with van der Waals surface area (Å²) in [4.78, 5) is 8.02. The molecule has 0 aliphatic heterocycles. The zero-order valence-corrected chi connectivity index (χ0v) is 44.5. The van der Waals surface area contributed by atoms with Crippen LogP contribution < -0.4 is 31.8 Å². The molecule has 0 saturated carbocycles. The van der Waals surface area contributed by atoms with Crippen molar-refractivity contribution in [2.45, 2.75) is 13.8 Å². The van der Waals surface area contributed by atoms with E-state index in [0.29, 0.717) is 16.0 Å². The average molecular weight is 1190 g/mol. The van der Waals surface area contributed by atoms with Gasteiger partial charge in [-0.15, -0.1) is 6.42 Å². The van der Waals surface area contributed by atoms with E-state index in [1.165, 1.54) is 37.4 Å². The van der Waals surface area contributed by atoms with E-state index in [1.54, 1.807) is 12.1 Å². The molecule has 0 atom stereocenters. The van der Waals surface area contributed by atoms with Gasteiger partial charge in [0.2, 0.25) is 0 Å². The van der Waals surface area contributed by atoms with E-state index >= 15 is 0 Å². The van der Waals surface area contributed by atoms with Gasteiger partial charge in [0.05, 0.1) is 0 Å². The van der Waals surface area contributed by atoms with Crippen molar-refractivity contribution in [1.29, 1.82) is 0 Å². The number of rotatable bonds is 6. The normalized spacial score (nSPS) is 9.67. The Balaban J connectivity index is 0.000000230. The minimum Gasteiger partial charge on any atom is -0.0622 e. The van der Waals surface area contributed by atoms with Crippen LogP contribution in [-0.4, -0.2) is 33.4 Å². The monoisotopic (exact) mass is 1190 g/mol. The second kappa shape index (κ2) is 34.4. The number of terminal acetylenes is 1. The van der Waals surface area contributed by atoms with E-state index in [9.17, 15) is 0 Å². The van der Waals surface area contributed by atoms with Crippen LogP contribution >= 0.6 is 80.7 Å². The van der Waals surface area contributed by atoms with Gasteiger partial charge in [-0.1, -0.05) is 229 Å². The van der Waals surface area contributed by atoms with Gasteiger partial charge in [0.25, 0.3) is 0 Å². The summed E-state index contributed by atoms with van der Waals surface area (Å²) in [5.74, 6) is 7.21. The summed E-state index contributed by atoms with van der Waals surface area (Å²) < 4.78 is 0.972. The molecule has 6 aromatic carbocycles. The molecular formula is C54H47Cl4IN2O2P2Pd. The predicted molar refractivity (Wildman–Crippen MR) is 293 cm³/mol. The zero-order chi connectivity index (χ0) is 47.8. The molecule has 0 aliphatic rings. The molecule has 0 aliphatic carbocycles. The number of aliphatic hydroxyl groups excluding tert-OH is 2. The van der Waals surface area contributed by atoms with Gasteiger partial charge in [0.1, 0.15) is 32.9 Å². The van der Waals surface area contributed by atoms with Crippen molar-refractivity contribution in [3.8, 4) is 24.2 Å². The number of hydrogen-bond donors (Lipinski definition) is 2. The Hall–Kier alpha value is -3.93. The van der Waals surface area contributed by atoms with E-state index in [4.69, 9.17) is 52.5 Å². The van der Waals surface area contributed by atoms with Crippen molar-refractivity contribution in [3.05, 3.63) is 237 Å². The van der Waals surface area contributed by atoms with Crippen molar-refractivity contribution >= 4 is 113 Å². The van der Waals surface area contributed by atoms with E-state index in [2.05, 4.69) is 233 Å². The molecule has 0 unspecified atom stereocenters. The Morgan fingerprint density at radius 3 is 1.00 bits per heavy atom. The van der Waals surface area contributed by atoms with Crippen LogP contribution in [0.25, 0.3) is 0 Å².